The Kier molecular flexibility index (Phi) is 5.86. The van der Waals surface area contributed by atoms with Crippen molar-refractivity contribution in [3.8, 4) is 5.82 Å². The number of hydrogen-bond donors (Lipinski definition) is 1. The molecule has 1 fully saturated rings. The maximum absolute atomic E-state index is 13.0. The van der Waals surface area contributed by atoms with E-state index in [1.54, 1.807) is 48.9 Å². The molecule has 3 heterocycles. The van der Waals surface area contributed by atoms with Crippen molar-refractivity contribution in [1.82, 2.24) is 29.4 Å². The fraction of sp³-hybridized carbons (Fsp3) is 0.300. The third-order valence-electron chi connectivity index (χ3n) is 5.04. The van der Waals surface area contributed by atoms with Gasteiger partial charge in [0.05, 0.1) is 4.90 Å². The molecule has 0 saturated carbocycles. The van der Waals surface area contributed by atoms with E-state index in [1.807, 2.05) is 6.07 Å². The number of aromatic nitrogens is 4. The summed E-state index contributed by atoms with van der Waals surface area (Å²) in [7, 11) is -3.73. The molecule has 30 heavy (non-hydrogen) atoms. The van der Waals surface area contributed by atoms with Crippen LogP contribution in [0.2, 0.25) is 0 Å². The van der Waals surface area contributed by atoms with Crippen molar-refractivity contribution in [2.45, 2.75) is 36.7 Å². The summed E-state index contributed by atoms with van der Waals surface area (Å²) in [5, 5.41) is 6.88. The molecule has 1 aliphatic rings. The van der Waals surface area contributed by atoms with Crippen LogP contribution in [0.1, 0.15) is 24.8 Å². The van der Waals surface area contributed by atoms with Crippen LogP contribution in [0.4, 0.5) is 0 Å². The molecule has 4 rings (SSSR count). The van der Waals surface area contributed by atoms with Gasteiger partial charge in [-0.15, -0.1) is 0 Å². The van der Waals surface area contributed by atoms with E-state index in [2.05, 4.69) is 20.4 Å². The Balaban J connectivity index is 1.44. The zero-order valence-electron chi connectivity index (χ0n) is 16.3. The summed E-state index contributed by atoms with van der Waals surface area (Å²) in [5.74, 6) is 0.324. The maximum atomic E-state index is 13.0. The third kappa shape index (κ3) is 4.24. The van der Waals surface area contributed by atoms with E-state index < -0.39 is 16.1 Å². The van der Waals surface area contributed by atoms with Gasteiger partial charge < -0.3 is 5.32 Å². The second-order valence-corrected chi connectivity index (χ2v) is 8.91. The Morgan fingerprint density at radius 3 is 2.67 bits per heavy atom. The highest BCUT2D eigenvalue weighted by molar-refractivity contribution is 7.89. The van der Waals surface area contributed by atoms with E-state index in [4.69, 9.17) is 0 Å². The highest BCUT2D eigenvalue weighted by Gasteiger charge is 2.37. The van der Waals surface area contributed by atoms with Gasteiger partial charge in [-0.05, 0) is 36.6 Å². The van der Waals surface area contributed by atoms with Gasteiger partial charge in [0.25, 0.3) is 0 Å². The molecule has 3 aromatic rings. The van der Waals surface area contributed by atoms with Crippen molar-refractivity contribution in [2.75, 3.05) is 6.54 Å². The molecule has 156 valence electrons. The van der Waals surface area contributed by atoms with E-state index in [0.29, 0.717) is 18.8 Å². The Bertz CT molecular complexity index is 1090. The van der Waals surface area contributed by atoms with Crippen molar-refractivity contribution in [3.63, 3.8) is 0 Å². The Hall–Kier alpha value is -3.11. The van der Waals surface area contributed by atoms with Crippen molar-refractivity contribution in [1.29, 1.82) is 0 Å². The topological polar surface area (TPSA) is 110 Å². The van der Waals surface area contributed by atoms with Crippen LogP contribution in [0.5, 0.6) is 0 Å². The zero-order valence-corrected chi connectivity index (χ0v) is 17.1. The number of pyridine rings is 1. The van der Waals surface area contributed by atoms with E-state index in [0.717, 1.165) is 18.4 Å². The van der Waals surface area contributed by atoms with Crippen LogP contribution in [0, 0.1) is 0 Å². The van der Waals surface area contributed by atoms with Gasteiger partial charge in [0.2, 0.25) is 15.9 Å². The number of nitrogens with zero attached hydrogens (tertiary/aromatic N) is 5. The van der Waals surface area contributed by atoms with Crippen LogP contribution in [0.3, 0.4) is 0 Å². The highest BCUT2D eigenvalue weighted by atomic mass is 32.2. The quantitative estimate of drug-likeness (QED) is 0.640. The second-order valence-electron chi connectivity index (χ2n) is 7.02. The van der Waals surface area contributed by atoms with E-state index in [9.17, 15) is 13.2 Å². The van der Waals surface area contributed by atoms with Gasteiger partial charge >= 0.3 is 0 Å². The molecule has 1 aliphatic heterocycles. The molecule has 1 N–H and O–H groups in total. The largest absolute Gasteiger partial charge is 0.351 e. The predicted molar refractivity (Wildman–Crippen MR) is 109 cm³/mol. The summed E-state index contributed by atoms with van der Waals surface area (Å²) in [4.78, 5) is 21.3. The molecular weight excluding hydrogens is 404 g/mol. The summed E-state index contributed by atoms with van der Waals surface area (Å²) in [6, 6.07) is 11.1. The van der Waals surface area contributed by atoms with Crippen LogP contribution in [-0.4, -0.2) is 51.0 Å². The van der Waals surface area contributed by atoms with Crippen molar-refractivity contribution in [2.24, 2.45) is 0 Å². The molecule has 10 heteroatoms. The van der Waals surface area contributed by atoms with Gasteiger partial charge in [0.15, 0.2) is 5.82 Å². The van der Waals surface area contributed by atoms with Gasteiger partial charge in [0.1, 0.15) is 18.7 Å². The number of hydrogen-bond acceptors (Lipinski definition) is 6. The fourth-order valence-corrected chi connectivity index (χ4v) is 5.15. The minimum absolute atomic E-state index is 0.206. The average molecular weight is 427 g/mol. The number of carbonyl (C=O) groups excluding carboxylic acids is 1. The summed E-state index contributed by atoms with van der Waals surface area (Å²) in [6.45, 7) is 0.600. The Labute approximate surface area is 174 Å². The summed E-state index contributed by atoms with van der Waals surface area (Å²) in [6.07, 6.45) is 6.68. The minimum atomic E-state index is -3.73. The van der Waals surface area contributed by atoms with Crippen LogP contribution < -0.4 is 5.32 Å². The van der Waals surface area contributed by atoms with Gasteiger partial charge in [-0.1, -0.05) is 30.7 Å². The first kappa shape index (κ1) is 20.2. The SMILES string of the molecule is O=C(NCc1ccc(-n2cncn2)nc1)[C@@H]1CCCCN1S(=O)(=O)c1ccccc1. The number of piperidine rings is 1. The molecule has 2 aromatic heterocycles. The third-order valence-corrected chi connectivity index (χ3v) is 6.96. The van der Waals surface area contributed by atoms with Crippen LogP contribution in [0.25, 0.3) is 5.82 Å². The standard InChI is InChI=1S/C20H22N6O3S/c27-20(23-13-16-9-10-19(22-12-16)25-15-21-14-24-25)18-8-4-5-11-26(18)30(28,29)17-6-2-1-3-7-17/h1-3,6-7,9-10,12,14-15,18H,4-5,8,11,13H2,(H,23,27)/t18-/m0/s1. The first-order chi connectivity index (χ1) is 14.6. The van der Waals surface area contributed by atoms with Gasteiger partial charge in [-0.2, -0.15) is 9.40 Å². The lowest BCUT2D eigenvalue weighted by Crippen LogP contribution is -2.51. The Morgan fingerprint density at radius 2 is 1.97 bits per heavy atom. The number of benzene rings is 1. The lowest BCUT2D eigenvalue weighted by atomic mass is 10.0. The van der Waals surface area contributed by atoms with Gasteiger partial charge in [-0.25, -0.2) is 23.1 Å². The number of carbonyl (C=O) groups is 1. The van der Waals surface area contributed by atoms with E-state index in [-0.39, 0.29) is 17.3 Å². The predicted octanol–water partition coefficient (Wildman–Crippen LogP) is 1.52. The minimum Gasteiger partial charge on any atom is -0.351 e. The van der Waals surface area contributed by atoms with Gasteiger partial charge in [-0.3, -0.25) is 4.79 Å². The summed E-state index contributed by atoms with van der Waals surface area (Å²) >= 11 is 0. The molecule has 0 spiro atoms. The summed E-state index contributed by atoms with van der Waals surface area (Å²) in [5.41, 5.74) is 0.806. The van der Waals surface area contributed by atoms with Gasteiger partial charge in [0, 0.05) is 19.3 Å². The zero-order chi connectivity index (χ0) is 21.0. The molecule has 9 nitrogen and oxygen atoms in total. The number of sulfonamides is 1. The van der Waals surface area contributed by atoms with Crippen molar-refractivity contribution < 1.29 is 13.2 Å². The lowest BCUT2D eigenvalue weighted by molar-refractivity contribution is -0.125. The summed E-state index contributed by atoms with van der Waals surface area (Å²) < 4.78 is 29.0. The van der Waals surface area contributed by atoms with Crippen molar-refractivity contribution in [3.05, 3.63) is 66.9 Å². The normalized spacial score (nSPS) is 17.5. The van der Waals surface area contributed by atoms with Crippen LogP contribution >= 0.6 is 0 Å². The monoisotopic (exact) mass is 426 g/mol. The molecule has 1 aromatic carbocycles. The molecule has 1 saturated heterocycles. The Morgan fingerprint density at radius 1 is 1.13 bits per heavy atom. The smallest absolute Gasteiger partial charge is 0.243 e. The molecule has 0 bridgehead atoms. The lowest BCUT2D eigenvalue weighted by Gasteiger charge is -2.33. The maximum Gasteiger partial charge on any atom is 0.243 e. The molecule has 0 radical (unpaired) electrons. The molecule has 0 unspecified atom stereocenters. The molecular formula is C20H22N6O3S. The average Bonchev–Trinajstić information content (AvgIpc) is 3.33. The first-order valence-corrected chi connectivity index (χ1v) is 11.1. The van der Waals surface area contributed by atoms with Crippen LogP contribution in [-0.2, 0) is 21.4 Å². The van der Waals surface area contributed by atoms with Crippen LogP contribution in [0.15, 0.2) is 66.2 Å². The molecule has 1 atom stereocenters. The van der Waals surface area contributed by atoms with E-state index >= 15 is 0 Å². The second kappa shape index (κ2) is 8.72. The number of amides is 1. The molecule has 1 amide bonds. The highest BCUT2D eigenvalue weighted by Crippen LogP contribution is 2.25. The molecule has 0 aliphatic carbocycles. The number of rotatable bonds is 6. The fourth-order valence-electron chi connectivity index (χ4n) is 3.47. The number of nitrogens with one attached hydrogen (secondary N) is 1. The van der Waals surface area contributed by atoms with Crippen molar-refractivity contribution >= 4 is 15.9 Å². The van der Waals surface area contributed by atoms with E-state index in [1.165, 1.54) is 15.3 Å². The first-order valence-electron chi connectivity index (χ1n) is 9.70.